The number of ketones is 1. The topological polar surface area (TPSA) is 38.3 Å². The number of Topliss-reactive ketones (excluding diaryl/α,β-unsaturated/α-hetero) is 1. The molecule has 2 unspecified atom stereocenters. The summed E-state index contributed by atoms with van der Waals surface area (Å²) in [5, 5.41) is 5.95. The maximum atomic E-state index is 12.5. The molecule has 3 heteroatoms. The van der Waals surface area contributed by atoms with Gasteiger partial charge in [-0.15, -0.1) is 0 Å². The molecule has 0 amide bonds. The number of rotatable bonds is 4. The molecule has 1 heterocycles. The molecule has 1 saturated heterocycles. The molecule has 1 aliphatic rings. The molecule has 3 aromatic rings. The number of ether oxygens (including phenoxy) is 1. The molecule has 0 radical (unpaired) electrons. The second-order valence-corrected chi connectivity index (χ2v) is 6.49. The van der Waals surface area contributed by atoms with Crippen LogP contribution in [0.25, 0.3) is 10.8 Å². The third-order valence-corrected chi connectivity index (χ3v) is 4.83. The molecule has 1 fully saturated rings. The molecule has 0 aliphatic carbocycles. The molecule has 0 saturated carbocycles. The van der Waals surface area contributed by atoms with Crippen molar-refractivity contribution in [3.8, 4) is 0 Å². The van der Waals surface area contributed by atoms with Crippen molar-refractivity contribution in [1.82, 2.24) is 0 Å². The fourth-order valence-corrected chi connectivity index (χ4v) is 3.47. The first kappa shape index (κ1) is 15.9. The van der Waals surface area contributed by atoms with E-state index < -0.39 is 0 Å². The zero-order chi connectivity index (χ0) is 17.1. The molecule has 2 atom stereocenters. The first-order valence-electron chi connectivity index (χ1n) is 8.72. The molecule has 0 aromatic heterocycles. The number of anilines is 1. The highest BCUT2D eigenvalue weighted by atomic mass is 16.5. The standard InChI is InChI=1S/C22H21NO2/c24-21-12-13-25-15-20(21)22(23-19-8-2-1-3-9-19)18-11-10-16-6-4-5-7-17(16)14-18/h1-11,14,20,22-23H,12-13,15H2. The minimum atomic E-state index is -0.171. The van der Waals surface area contributed by atoms with Crippen LogP contribution in [0.1, 0.15) is 18.0 Å². The lowest BCUT2D eigenvalue weighted by Crippen LogP contribution is -2.35. The van der Waals surface area contributed by atoms with Gasteiger partial charge in [-0.05, 0) is 34.5 Å². The van der Waals surface area contributed by atoms with E-state index in [0.29, 0.717) is 19.6 Å². The predicted octanol–water partition coefficient (Wildman–Crippen LogP) is 4.60. The fraction of sp³-hybridized carbons (Fsp3) is 0.227. The van der Waals surface area contributed by atoms with Crippen molar-refractivity contribution in [3.05, 3.63) is 78.4 Å². The van der Waals surface area contributed by atoms with Gasteiger partial charge in [0.1, 0.15) is 5.78 Å². The molecule has 1 aliphatic heterocycles. The van der Waals surface area contributed by atoms with Crippen molar-refractivity contribution < 1.29 is 9.53 Å². The summed E-state index contributed by atoms with van der Waals surface area (Å²) in [5.74, 6) is 0.1000. The Morgan fingerprint density at radius 2 is 1.68 bits per heavy atom. The summed E-state index contributed by atoms with van der Waals surface area (Å²) in [7, 11) is 0. The van der Waals surface area contributed by atoms with Gasteiger partial charge in [-0.3, -0.25) is 4.79 Å². The van der Waals surface area contributed by atoms with E-state index in [1.165, 1.54) is 10.8 Å². The van der Waals surface area contributed by atoms with Gasteiger partial charge in [-0.25, -0.2) is 0 Å². The Bertz CT molecular complexity index is 875. The van der Waals surface area contributed by atoms with E-state index in [1.54, 1.807) is 0 Å². The van der Waals surface area contributed by atoms with Gasteiger partial charge in [0.25, 0.3) is 0 Å². The maximum absolute atomic E-state index is 12.5. The number of para-hydroxylation sites is 1. The van der Waals surface area contributed by atoms with Crippen molar-refractivity contribution in [2.45, 2.75) is 12.5 Å². The van der Waals surface area contributed by atoms with Gasteiger partial charge >= 0.3 is 0 Å². The molecule has 1 N–H and O–H groups in total. The number of carbonyl (C=O) groups is 1. The van der Waals surface area contributed by atoms with Crippen LogP contribution in [-0.2, 0) is 9.53 Å². The van der Waals surface area contributed by atoms with Gasteiger partial charge < -0.3 is 10.1 Å². The molecule has 3 nitrogen and oxygen atoms in total. The van der Waals surface area contributed by atoms with Crippen LogP contribution in [0.4, 0.5) is 5.69 Å². The highest BCUT2D eigenvalue weighted by molar-refractivity contribution is 5.85. The summed E-state index contributed by atoms with van der Waals surface area (Å²) in [6.07, 6.45) is 0.491. The van der Waals surface area contributed by atoms with E-state index in [1.807, 2.05) is 42.5 Å². The van der Waals surface area contributed by atoms with Gasteiger partial charge in [0.05, 0.1) is 25.2 Å². The minimum Gasteiger partial charge on any atom is -0.380 e. The van der Waals surface area contributed by atoms with Crippen LogP contribution in [0.15, 0.2) is 72.8 Å². The number of benzene rings is 3. The van der Waals surface area contributed by atoms with Crippen molar-refractivity contribution in [2.24, 2.45) is 5.92 Å². The molecule has 4 rings (SSSR count). The van der Waals surface area contributed by atoms with Crippen LogP contribution >= 0.6 is 0 Å². The van der Waals surface area contributed by atoms with Crippen molar-refractivity contribution >= 4 is 22.2 Å². The maximum Gasteiger partial charge on any atom is 0.142 e. The van der Waals surface area contributed by atoms with Crippen LogP contribution < -0.4 is 5.32 Å². The predicted molar refractivity (Wildman–Crippen MR) is 101 cm³/mol. The quantitative estimate of drug-likeness (QED) is 0.759. The van der Waals surface area contributed by atoms with Gasteiger partial charge in [0.2, 0.25) is 0 Å². The lowest BCUT2D eigenvalue weighted by atomic mass is 9.86. The average molecular weight is 331 g/mol. The Morgan fingerprint density at radius 1 is 0.920 bits per heavy atom. The third-order valence-electron chi connectivity index (χ3n) is 4.83. The average Bonchev–Trinajstić information content (AvgIpc) is 2.67. The summed E-state index contributed by atoms with van der Waals surface area (Å²) >= 11 is 0. The molecular weight excluding hydrogens is 310 g/mol. The van der Waals surface area contributed by atoms with E-state index in [4.69, 9.17) is 4.74 Å². The van der Waals surface area contributed by atoms with E-state index >= 15 is 0 Å². The zero-order valence-electron chi connectivity index (χ0n) is 14.0. The summed E-state index contributed by atoms with van der Waals surface area (Å²) in [5.41, 5.74) is 2.13. The summed E-state index contributed by atoms with van der Waals surface area (Å²) < 4.78 is 5.62. The molecule has 126 valence electrons. The SMILES string of the molecule is O=C1CCOCC1C(Nc1ccccc1)c1ccc2ccccc2c1. The molecule has 25 heavy (non-hydrogen) atoms. The zero-order valence-corrected chi connectivity index (χ0v) is 14.0. The number of hydrogen-bond acceptors (Lipinski definition) is 3. The first-order valence-corrected chi connectivity index (χ1v) is 8.72. The Balaban J connectivity index is 1.73. The summed E-state index contributed by atoms with van der Waals surface area (Å²) in [6, 6.07) is 24.7. The Hall–Kier alpha value is -2.65. The second-order valence-electron chi connectivity index (χ2n) is 6.49. The van der Waals surface area contributed by atoms with E-state index in [-0.39, 0.29) is 17.7 Å². The van der Waals surface area contributed by atoms with Crippen LogP contribution in [0, 0.1) is 5.92 Å². The van der Waals surface area contributed by atoms with Gasteiger partial charge in [0, 0.05) is 12.1 Å². The smallest absolute Gasteiger partial charge is 0.142 e. The van der Waals surface area contributed by atoms with E-state index in [9.17, 15) is 4.79 Å². The number of fused-ring (bicyclic) bond motifs is 1. The lowest BCUT2D eigenvalue weighted by Gasteiger charge is -2.31. The van der Waals surface area contributed by atoms with Crippen molar-refractivity contribution in [3.63, 3.8) is 0 Å². The van der Waals surface area contributed by atoms with Gasteiger partial charge in [-0.2, -0.15) is 0 Å². The summed E-state index contributed by atoms with van der Waals surface area (Å²) in [6.45, 7) is 1.00. The Labute approximate surface area is 147 Å². The normalized spacial score (nSPS) is 18.9. The summed E-state index contributed by atoms with van der Waals surface area (Å²) in [4.78, 5) is 12.5. The molecule has 3 aromatic carbocycles. The first-order chi connectivity index (χ1) is 12.3. The highest BCUT2D eigenvalue weighted by Gasteiger charge is 2.32. The van der Waals surface area contributed by atoms with E-state index in [0.717, 1.165) is 11.3 Å². The third kappa shape index (κ3) is 3.42. The lowest BCUT2D eigenvalue weighted by molar-refractivity contribution is -0.131. The van der Waals surface area contributed by atoms with Crippen molar-refractivity contribution in [1.29, 1.82) is 0 Å². The fourth-order valence-electron chi connectivity index (χ4n) is 3.47. The van der Waals surface area contributed by atoms with Crippen LogP contribution in [0.3, 0.4) is 0 Å². The Kier molecular flexibility index (Phi) is 4.49. The van der Waals surface area contributed by atoms with E-state index in [2.05, 4.69) is 35.6 Å². The monoisotopic (exact) mass is 331 g/mol. The molecule has 0 bridgehead atoms. The minimum absolute atomic E-state index is 0.0974. The molecular formula is C22H21NO2. The van der Waals surface area contributed by atoms with Crippen LogP contribution in [-0.4, -0.2) is 19.0 Å². The van der Waals surface area contributed by atoms with Crippen LogP contribution in [0.5, 0.6) is 0 Å². The highest BCUT2D eigenvalue weighted by Crippen LogP contribution is 2.32. The second kappa shape index (κ2) is 7.08. The molecule has 0 spiro atoms. The number of nitrogens with one attached hydrogen (secondary N) is 1. The van der Waals surface area contributed by atoms with Gasteiger partial charge in [0.15, 0.2) is 0 Å². The number of carbonyl (C=O) groups excluding carboxylic acids is 1. The number of hydrogen-bond donors (Lipinski definition) is 1. The largest absolute Gasteiger partial charge is 0.380 e. The Morgan fingerprint density at radius 3 is 2.48 bits per heavy atom. The van der Waals surface area contributed by atoms with Gasteiger partial charge in [-0.1, -0.05) is 54.6 Å². The van der Waals surface area contributed by atoms with Crippen molar-refractivity contribution in [2.75, 3.05) is 18.5 Å². The van der Waals surface area contributed by atoms with Crippen LogP contribution in [0.2, 0.25) is 0 Å².